The molecule has 1 unspecified atom stereocenters. The lowest BCUT2D eigenvalue weighted by atomic mass is 10.2. The van der Waals surface area contributed by atoms with Crippen LogP contribution in [0, 0.1) is 0 Å². The summed E-state index contributed by atoms with van der Waals surface area (Å²) in [6, 6.07) is 4.66. The molecule has 0 aliphatic carbocycles. The van der Waals surface area contributed by atoms with E-state index >= 15 is 0 Å². The van der Waals surface area contributed by atoms with Crippen molar-refractivity contribution in [3.8, 4) is 0 Å². The zero-order valence-corrected chi connectivity index (χ0v) is 11.6. The Bertz CT molecular complexity index is 631. The molecule has 1 rings (SSSR count). The number of rotatable bonds is 6. The lowest BCUT2D eigenvalue weighted by molar-refractivity contribution is -0.146. The molecule has 2 amide bonds. The fourth-order valence-electron chi connectivity index (χ4n) is 1.37. The molecular weight excluding hydrogens is 302 g/mol. The summed E-state index contributed by atoms with van der Waals surface area (Å²) >= 11 is 0. The van der Waals surface area contributed by atoms with Gasteiger partial charge in [0.2, 0.25) is 10.0 Å². The Kier molecular flexibility index (Phi) is 5.64. The van der Waals surface area contributed by atoms with E-state index in [-0.39, 0.29) is 23.5 Å². The van der Waals surface area contributed by atoms with Crippen LogP contribution in [0.15, 0.2) is 29.2 Å². The van der Waals surface area contributed by atoms with Crippen molar-refractivity contribution in [3.63, 3.8) is 0 Å². The first-order valence-corrected chi connectivity index (χ1v) is 7.33. The van der Waals surface area contributed by atoms with Crippen LogP contribution in [0.25, 0.3) is 0 Å². The first-order chi connectivity index (χ1) is 9.70. The molecule has 116 valence electrons. The smallest absolute Gasteiger partial charge is 0.332 e. The van der Waals surface area contributed by atoms with Crippen molar-refractivity contribution in [1.82, 2.24) is 5.32 Å². The zero-order valence-electron chi connectivity index (χ0n) is 10.8. The van der Waals surface area contributed by atoms with Gasteiger partial charge in [-0.05, 0) is 18.2 Å². The van der Waals surface area contributed by atoms with Gasteiger partial charge < -0.3 is 20.8 Å². The Balaban J connectivity index is 2.54. The summed E-state index contributed by atoms with van der Waals surface area (Å²) in [6.45, 7) is -0.0613. The van der Waals surface area contributed by atoms with Crippen LogP contribution in [-0.2, 0) is 14.8 Å². The molecule has 1 aromatic rings. The summed E-state index contributed by atoms with van der Waals surface area (Å²) in [5.74, 6) is -1.38. The van der Waals surface area contributed by atoms with Gasteiger partial charge in [0.25, 0.3) is 0 Å². The largest absolute Gasteiger partial charge is 0.479 e. The molecular formula is C11H15N3O6S. The fraction of sp³-hybridized carbons (Fsp3) is 0.273. The number of urea groups is 1. The van der Waals surface area contributed by atoms with Crippen molar-refractivity contribution in [2.75, 3.05) is 11.9 Å². The topological polar surface area (TPSA) is 159 Å². The van der Waals surface area contributed by atoms with Crippen LogP contribution in [-0.4, -0.2) is 43.3 Å². The minimum absolute atomic E-state index is 0.0613. The van der Waals surface area contributed by atoms with E-state index in [0.717, 1.165) is 0 Å². The SMILES string of the molecule is NS(=O)(=O)c1cccc(NC(=O)NCCC(O)C(=O)O)c1. The molecule has 0 aliphatic rings. The molecule has 0 saturated heterocycles. The number of hydrogen-bond donors (Lipinski definition) is 5. The van der Waals surface area contributed by atoms with Crippen molar-refractivity contribution < 1.29 is 28.2 Å². The van der Waals surface area contributed by atoms with E-state index < -0.39 is 28.1 Å². The second-order valence-electron chi connectivity index (χ2n) is 4.10. The summed E-state index contributed by atoms with van der Waals surface area (Å²) in [6.07, 6.45) is -1.71. The molecule has 0 saturated carbocycles. The second kappa shape index (κ2) is 7.02. The highest BCUT2D eigenvalue weighted by Crippen LogP contribution is 2.13. The molecule has 10 heteroatoms. The Morgan fingerprint density at radius 3 is 2.57 bits per heavy atom. The third-order valence-corrected chi connectivity index (χ3v) is 3.32. The van der Waals surface area contributed by atoms with Crippen molar-refractivity contribution in [1.29, 1.82) is 0 Å². The highest BCUT2D eigenvalue weighted by Gasteiger charge is 2.13. The quantitative estimate of drug-likeness (QED) is 0.466. The van der Waals surface area contributed by atoms with E-state index in [1.165, 1.54) is 24.3 Å². The van der Waals surface area contributed by atoms with Gasteiger partial charge in [-0.2, -0.15) is 0 Å². The van der Waals surface area contributed by atoms with Crippen molar-refractivity contribution in [3.05, 3.63) is 24.3 Å². The summed E-state index contributed by atoms with van der Waals surface area (Å²) in [5, 5.41) is 27.1. The van der Waals surface area contributed by atoms with Crippen LogP contribution in [0.4, 0.5) is 10.5 Å². The van der Waals surface area contributed by atoms with Crippen molar-refractivity contribution >= 4 is 27.7 Å². The number of carboxylic acids is 1. The van der Waals surface area contributed by atoms with E-state index in [1.54, 1.807) is 0 Å². The summed E-state index contributed by atoms with van der Waals surface area (Å²) in [4.78, 5) is 21.7. The number of aliphatic hydroxyl groups excluding tert-OH is 1. The van der Waals surface area contributed by atoms with Gasteiger partial charge in [0.1, 0.15) is 0 Å². The van der Waals surface area contributed by atoms with Gasteiger partial charge in [0.15, 0.2) is 6.10 Å². The van der Waals surface area contributed by atoms with E-state index in [1.807, 2.05) is 0 Å². The van der Waals surface area contributed by atoms with Gasteiger partial charge in [-0.15, -0.1) is 0 Å². The number of carboxylic acid groups (broad SMARTS) is 1. The number of anilines is 1. The van der Waals surface area contributed by atoms with Gasteiger partial charge in [-0.25, -0.2) is 23.1 Å². The number of aliphatic carboxylic acids is 1. The molecule has 0 radical (unpaired) electrons. The van der Waals surface area contributed by atoms with E-state index in [2.05, 4.69) is 10.6 Å². The van der Waals surface area contributed by atoms with Gasteiger partial charge in [0.05, 0.1) is 4.90 Å². The first-order valence-electron chi connectivity index (χ1n) is 5.79. The van der Waals surface area contributed by atoms with E-state index in [9.17, 15) is 18.0 Å². The maximum absolute atomic E-state index is 11.5. The lowest BCUT2D eigenvalue weighted by Crippen LogP contribution is -2.33. The Morgan fingerprint density at radius 1 is 1.33 bits per heavy atom. The number of amides is 2. The number of nitrogens with one attached hydrogen (secondary N) is 2. The van der Waals surface area contributed by atoms with Crippen LogP contribution >= 0.6 is 0 Å². The van der Waals surface area contributed by atoms with E-state index in [4.69, 9.17) is 15.4 Å². The zero-order chi connectivity index (χ0) is 16.0. The molecule has 0 bridgehead atoms. The number of nitrogens with two attached hydrogens (primary N) is 1. The Morgan fingerprint density at radius 2 is 2.00 bits per heavy atom. The third-order valence-electron chi connectivity index (χ3n) is 2.41. The van der Waals surface area contributed by atoms with Crippen LogP contribution in [0.5, 0.6) is 0 Å². The number of sulfonamides is 1. The molecule has 0 fully saturated rings. The van der Waals surface area contributed by atoms with Gasteiger partial charge >= 0.3 is 12.0 Å². The predicted molar refractivity (Wildman–Crippen MR) is 73.1 cm³/mol. The molecule has 1 aromatic carbocycles. The number of carbonyl (C=O) groups is 2. The molecule has 9 nitrogen and oxygen atoms in total. The van der Waals surface area contributed by atoms with Gasteiger partial charge in [-0.3, -0.25) is 0 Å². The summed E-state index contributed by atoms with van der Waals surface area (Å²) < 4.78 is 22.3. The molecule has 0 spiro atoms. The number of hydrogen-bond acceptors (Lipinski definition) is 5. The second-order valence-corrected chi connectivity index (χ2v) is 5.66. The number of primary sulfonamides is 1. The van der Waals surface area contributed by atoms with Gasteiger partial charge in [0, 0.05) is 18.7 Å². The molecule has 0 heterocycles. The van der Waals surface area contributed by atoms with Gasteiger partial charge in [-0.1, -0.05) is 6.07 Å². The predicted octanol–water partition coefficient (Wildman–Crippen LogP) is -0.709. The first kappa shape index (κ1) is 16.9. The minimum Gasteiger partial charge on any atom is -0.479 e. The highest BCUT2D eigenvalue weighted by atomic mass is 32.2. The molecule has 1 atom stereocenters. The average Bonchev–Trinajstić information content (AvgIpc) is 2.37. The lowest BCUT2D eigenvalue weighted by Gasteiger charge is -2.09. The fourth-order valence-corrected chi connectivity index (χ4v) is 1.93. The monoisotopic (exact) mass is 317 g/mol. The standard InChI is InChI=1S/C11H15N3O6S/c12-21(19,20)8-3-1-2-7(6-8)14-11(18)13-5-4-9(15)10(16)17/h1-3,6,9,15H,4-5H2,(H,16,17)(H2,12,19,20)(H2,13,14,18). The molecule has 0 aromatic heterocycles. The average molecular weight is 317 g/mol. The Hall–Kier alpha value is -2.17. The van der Waals surface area contributed by atoms with Crippen LogP contribution < -0.4 is 15.8 Å². The maximum atomic E-state index is 11.5. The normalized spacial score (nSPS) is 12.5. The van der Waals surface area contributed by atoms with Crippen LogP contribution in [0.1, 0.15) is 6.42 Å². The number of benzene rings is 1. The maximum Gasteiger partial charge on any atom is 0.332 e. The summed E-state index contributed by atoms with van der Waals surface area (Å²) in [5.41, 5.74) is 0.206. The molecule has 21 heavy (non-hydrogen) atoms. The number of aliphatic hydroxyl groups is 1. The van der Waals surface area contributed by atoms with Crippen molar-refractivity contribution in [2.45, 2.75) is 17.4 Å². The van der Waals surface area contributed by atoms with Crippen LogP contribution in [0.3, 0.4) is 0 Å². The van der Waals surface area contributed by atoms with E-state index in [0.29, 0.717) is 0 Å². The van der Waals surface area contributed by atoms with Crippen molar-refractivity contribution in [2.24, 2.45) is 5.14 Å². The summed E-state index contributed by atoms with van der Waals surface area (Å²) in [7, 11) is -3.87. The van der Waals surface area contributed by atoms with Crippen LogP contribution in [0.2, 0.25) is 0 Å². The molecule has 6 N–H and O–H groups in total. The minimum atomic E-state index is -3.87. The Labute approximate surface area is 120 Å². The number of carbonyl (C=O) groups excluding carboxylic acids is 1. The highest BCUT2D eigenvalue weighted by molar-refractivity contribution is 7.89. The molecule has 0 aliphatic heterocycles. The third kappa shape index (κ3) is 5.77.